The number of carbonyl (C=O) groups is 3. The fraction of sp³-hybridized carbons (Fsp3) is 0.325. The molecule has 3 aromatic carbocycles. The number of methoxy groups -OCH3 is 1. The number of rotatable bonds is 16. The lowest BCUT2D eigenvalue weighted by Crippen LogP contribution is -2.40. The third kappa shape index (κ3) is 9.57. The first kappa shape index (κ1) is 41.0. The molecule has 0 saturated carbocycles. The number of benzene rings is 3. The van der Waals surface area contributed by atoms with Crippen LogP contribution in [0.2, 0.25) is 0 Å². The van der Waals surface area contributed by atoms with Crippen molar-refractivity contribution in [2.24, 2.45) is 4.99 Å². The summed E-state index contributed by atoms with van der Waals surface area (Å²) in [6.07, 6.45) is 1.75. The first-order valence-electron chi connectivity index (χ1n) is 17.5. The second-order valence-corrected chi connectivity index (χ2v) is 13.9. The lowest BCUT2D eigenvalue weighted by molar-refractivity contribution is -0.143. The highest BCUT2D eigenvalue weighted by atomic mass is 127. The highest BCUT2D eigenvalue weighted by molar-refractivity contribution is 14.1. The molecule has 0 unspecified atom stereocenters. The SMILES string of the molecule is CCOC(=O)C1=C(C)N=c2s/c(=C/c3cc(I)c(OCc4ccc(C(=O)OCC)cc4)c(OCC)c3)c(=O)n2[C@H]1c1ccc(OCC(=O)OC)c(OCC)c1. The Labute approximate surface area is 335 Å². The van der Waals surface area contributed by atoms with E-state index >= 15 is 0 Å². The maximum Gasteiger partial charge on any atom is 0.343 e. The fourth-order valence-electron chi connectivity index (χ4n) is 5.72. The van der Waals surface area contributed by atoms with Gasteiger partial charge in [0.1, 0.15) is 6.61 Å². The van der Waals surface area contributed by atoms with Crippen molar-refractivity contribution in [2.45, 2.75) is 47.3 Å². The molecular formula is C40H41IN2O11S. The fourth-order valence-corrected chi connectivity index (χ4v) is 7.55. The van der Waals surface area contributed by atoms with Gasteiger partial charge in [-0.25, -0.2) is 19.4 Å². The number of thiazole rings is 1. The first-order valence-corrected chi connectivity index (χ1v) is 19.4. The van der Waals surface area contributed by atoms with E-state index in [9.17, 15) is 19.2 Å². The van der Waals surface area contributed by atoms with E-state index in [0.29, 0.717) is 67.9 Å². The molecule has 0 amide bonds. The van der Waals surface area contributed by atoms with Gasteiger partial charge in [0.2, 0.25) is 0 Å². The number of fused-ring (bicyclic) bond motifs is 1. The number of allylic oxidation sites excluding steroid dienone is 1. The van der Waals surface area contributed by atoms with Crippen LogP contribution in [0.3, 0.4) is 0 Å². The van der Waals surface area contributed by atoms with E-state index in [1.165, 1.54) is 23.0 Å². The molecule has 0 bridgehead atoms. The second-order valence-electron chi connectivity index (χ2n) is 11.8. The Kier molecular flexibility index (Phi) is 14.1. The summed E-state index contributed by atoms with van der Waals surface area (Å²) in [6, 6.07) is 14.8. The molecule has 13 nitrogen and oxygen atoms in total. The maximum atomic E-state index is 14.4. The average Bonchev–Trinajstić information content (AvgIpc) is 3.47. The molecule has 2 heterocycles. The number of hydrogen-bond acceptors (Lipinski definition) is 13. The molecule has 290 valence electrons. The van der Waals surface area contributed by atoms with Crippen LogP contribution in [0.15, 0.2) is 75.7 Å². The van der Waals surface area contributed by atoms with Crippen molar-refractivity contribution in [3.05, 3.63) is 111 Å². The summed E-state index contributed by atoms with van der Waals surface area (Å²) in [6.45, 7) is 9.82. The predicted octanol–water partition coefficient (Wildman–Crippen LogP) is 5.51. The van der Waals surface area contributed by atoms with Crippen LogP contribution in [-0.4, -0.2) is 62.6 Å². The molecule has 0 radical (unpaired) electrons. The number of halogens is 1. The highest BCUT2D eigenvalue weighted by Crippen LogP contribution is 2.37. The van der Waals surface area contributed by atoms with Crippen molar-refractivity contribution in [3.63, 3.8) is 0 Å². The zero-order valence-electron chi connectivity index (χ0n) is 31.3. The minimum atomic E-state index is -0.910. The van der Waals surface area contributed by atoms with E-state index in [-0.39, 0.29) is 43.5 Å². The Morgan fingerprint density at radius 1 is 0.836 bits per heavy atom. The third-order valence-electron chi connectivity index (χ3n) is 8.15. The lowest BCUT2D eigenvalue weighted by Gasteiger charge is -2.25. The molecule has 4 aromatic rings. The molecule has 0 saturated heterocycles. The van der Waals surface area contributed by atoms with Gasteiger partial charge in [0.15, 0.2) is 34.4 Å². The molecular weight excluding hydrogens is 843 g/mol. The van der Waals surface area contributed by atoms with E-state index in [4.69, 9.17) is 33.2 Å². The van der Waals surface area contributed by atoms with Crippen LogP contribution >= 0.6 is 33.9 Å². The van der Waals surface area contributed by atoms with Gasteiger partial charge in [-0.2, -0.15) is 0 Å². The van der Waals surface area contributed by atoms with Crippen LogP contribution in [0.1, 0.15) is 67.7 Å². The van der Waals surface area contributed by atoms with E-state index in [1.807, 2.05) is 13.0 Å². The van der Waals surface area contributed by atoms with Gasteiger partial charge < -0.3 is 33.2 Å². The van der Waals surface area contributed by atoms with Gasteiger partial charge in [-0.15, -0.1) is 0 Å². The topological polar surface area (TPSA) is 150 Å². The van der Waals surface area contributed by atoms with Gasteiger partial charge in [-0.3, -0.25) is 9.36 Å². The molecule has 0 aliphatic carbocycles. The number of hydrogen-bond donors (Lipinski definition) is 0. The Hall–Kier alpha value is -5.16. The first-order chi connectivity index (χ1) is 26.5. The normalized spacial score (nSPS) is 13.7. The van der Waals surface area contributed by atoms with E-state index in [1.54, 1.807) is 82.3 Å². The predicted molar refractivity (Wildman–Crippen MR) is 213 cm³/mol. The highest BCUT2D eigenvalue weighted by Gasteiger charge is 2.34. The minimum absolute atomic E-state index is 0.125. The van der Waals surface area contributed by atoms with Crippen LogP contribution in [-0.2, 0) is 30.4 Å². The number of esters is 3. The Morgan fingerprint density at radius 2 is 1.53 bits per heavy atom. The minimum Gasteiger partial charge on any atom is -0.490 e. The van der Waals surface area contributed by atoms with Gasteiger partial charge in [0.05, 0.1) is 64.5 Å². The molecule has 0 spiro atoms. The zero-order chi connectivity index (χ0) is 39.6. The molecule has 55 heavy (non-hydrogen) atoms. The lowest BCUT2D eigenvalue weighted by atomic mass is 9.95. The molecule has 1 aromatic heterocycles. The van der Waals surface area contributed by atoms with Crippen molar-refractivity contribution in [3.8, 4) is 23.0 Å². The van der Waals surface area contributed by atoms with Crippen molar-refractivity contribution in [1.29, 1.82) is 0 Å². The summed E-state index contributed by atoms with van der Waals surface area (Å²) in [5.74, 6) is 0.0884. The number of ether oxygens (including phenoxy) is 7. The van der Waals surface area contributed by atoms with Crippen LogP contribution in [0, 0.1) is 3.57 Å². The van der Waals surface area contributed by atoms with Crippen LogP contribution in [0.25, 0.3) is 6.08 Å². The molecule has 15 heteroatoms. The summed E-state index contributed by atoms with van der Waals surface area (Å²) in [5.41, 5.74) is 2.78. The Bertz CT molecular complexity index is 2280. The Balaban J connectivity index is 1.54. The van der Waals surface area contributed by atoms with Crippen molar-refractivity contribution in [1.82, 2.24) is 4.57 Å². The van der Waals surface area contributed by atoms with Gasteiger partial charge in [0, 0.05) is 0 Å². The summed E-state index contributed by atoms with van der Waals surface area (Å²) in [5, 5.41) is 0. The number of nitrogens with zero attached hydrogens (tertiary/aromatic N) is 2. The maximum absolute atomic E-state index is 14.4. The van der Waals surface area contributed by atoms with Crippen LogP contribution in [0.5, 0.6) is 23.0 Å². The second kappa shape index (κ2) is 18.9. The monoisotopic (exact) mass is 884 g/mol. The molecule has 1 aliphatic heterocycles. The van der Waals surface area contributed by atoms with Gasteiger partial charge in [-0.05, 0) is 116 Å². The molecule has 0 fully saturated rings. The summed E-state index contributed by atoms with van der Waals surface area (Å²) in [7, 11) is 1.27. The summed E-state index contributed by atoms with van der Waals surface area (Å²) < 4.78 is 41.5. The van der Waals surface area contributed by atoms with E-state index in [2.05, 4.69) is 27.6 Å². The van der Waals surface area contributed by atoms with Crippen molar-refractivity contribution < 1.29 is 47.5 Å². The van der Waals surface area contributed by atoms with E-state index < -0.39 is 18.0 Å². The molecule has 5 rings (SSSR count). The standard InChI is InChI=1S/C40H41IN2O11S/c1-7-49-30-20-27(15-16-29(30)53-22-33(44)48-6)35-34(39(47)52-10-4)23(5)42-40-43(35)37(45)32(55-40)19-25-17-28(41)36(31(18-25)50-8-2)54-21-24-11-13-26(14-12-24)38(46)51-9-3/h11-20,35H,7-10,21-22H2,1-6H3/b32-19+/t35-/m0/s1. The van der Waals surface area contributed by atoms with Gasteiger partial charge in [-0.1, -0.05) is 29.5 Å². The van der Waals surface area contributed by atoms with Crippen molar-refractivity contribution in [2.75, 3.05) is 40.1 Å². The molecule has 1 atom stereocenters. The van der Waals surface area contributed by atoms with Gasteiger partial charge in [0.25, 0.3) is 5.56 Å². The number of carbonyl (C=O) groups excluding carboxylic acids is 3. The summed E-state index contributed by atoms with van der Waals surface area (Å²) >= 11 is 3.36. The third-order valence-corrected chi connectivity index (χ3v) is 9.94. The Morgan fingerprint density at radius 3 is 2.20 bits per heavy atom. The number of aromatic nitrogens is 1. The zero-order valence-corrected chi connectivity index (χ0v) is 34.2. The molecule has 0 N–H and O–H groups in total. The molecule has 1 aliphatic rings. The largest absolute Gasteiger partial charge is 0.490 e. The quantitative estimate of drug-likeness (QED) is 0.0797. The van der Waals surface area contributed by atoms with Crippen LogP contribution in [0.4, 0.5) is 0 Å². The smallest absolute Gasteiger partial charge is 0.343 e. The van der Waals surface area contributed by atoms with Crippen molar-refractivity contribution >= 4 is 57.9 Å². The van der Waals surface area contributed by atoms with Gasteiger partial charge >= 0.3 is 17.9 Å². The van der Waals surface area contributed by atoms with Crippen LogP contribution < -0.4 is 33.8 Å². The summed E-state index contributed by atoms with van der Waals surface area (Å²) in [4.78, 5) is 56.7. The average molecular weight is 885 g/mol. The van der Waals surface area contributed by atoms with E-state index in [0.717, 1.165) is 9.13 Å².